The molecule has 4 nitrogen and oxygen atoms in total. The van der Waals surface area contributed by atoms with E-state index >= 15 is 0 Å². The molecular formula is C25H24O4. The second-order valence-electron chi connectivity index (χ2n) is 7.01. The van der Waals surface area contributed by atoms with Gasteiger partial charge in [0.1, 0.15) is 12.4 Å². The molecule has 0 saturated carbocycles. The first-order valence-corrected chi connectivity index (χ1v) is 9.49. The van der Waals surface area contributed by atoms with E-state index in [4.69, 9.17) is 9.47 Å². The summed E-state index contributed by atoms with van der Waals surface area (Å²) in [4.78, 5) is 25.1. The summed E-state index contributed by atoms with van der Waals surface area (Å²) < 4.78 is 11.1. The number of para-hydroxylation sites is 1. The van der Waals surface area contributed by atoms with E-state index in [1.54, 1.807) is 12.1 Å². The van der Waals surface area contributed by atoms with Crippen LogP contribution < -0.4 is 4.74 Å². The normalized spacial score (nSPS) is 10.4. The lowest BCUT2D eigenvalue weighted by atomic mass is 9.98. The number of benzene rings is 3. The maximum Gasteiger partial charge on any atom is 0.338 e. The molecule has 4 heteroatoms. The Balaban J connectivity index is 1.67. The second-order valence-corrected chi connectivity index (χ2v) is 7.01. The summed E-state index contributed by atoms with van der Waals surface area (Å²) in [6, 6.07) is 20.3. The quantitative estimate of drug-likeness (QED) is 0.411. The molecule has 148 valence electrons. The van der Waals surface area contributed by atoms with Crippen LogP contribution in [0.5, 0.6) is 5.75 Å². The minimum atomic E-state index is -0.535. The highest BCUT2D eigenvalue weighted by molar-refractivity contribution is 6.00. The van der Waals surface area contributed by atoms with Crippen molar-refractivity contribution in [3.05, 3.63) is 100 Å². The zero-order valence-corrected chi connectivity index (χ0v) is 16.9. The van der Waals surface area contributed by atoms with E-state index in [0.29, 0.717) is 16.7 Å². The number of hydrogen-bond acceptors (Lipinski definition) is 4. The molecule has 0 aliphatic rings. The van der Waals surface area contributed by atoms with Gasteiger partial charge >= 0.3 is 5.97 Å². The van der Waals surface area contributed by atoms with Gasteiger partial charge < -0.3 is 9.47 Å². The molecule has 0 heterocycles. The average molecular weight is 388 g/mol. The maximum absolute atomic E-state index is 12.6. The van der Waals surface area contributed by atoms with Gasteiger partial charge in [0.05, 0.1) is 5.56 Å². The van der Waals surface area contributed by atoms with E-state index in [0.717, 1.165) is 22.4 Å². The van der Waals surface area contributed by atoms with Crippen LogP contribution in [-0.4, -0.2) is 18.4 Å². The van der Waals surface area contributed by atoms with Gasteiger partial charge in [-0.3, -0.25) is 4.79 Å². The van der Waals surface area contributed by atoms with Crippen LogP contribution in [0.3, 0.4) is 0 Å². The predicted molar refractivity (Wildman–Crippen MR) is 112 cm³/mol. The third-order valence-corrected chi connectivity index (χ3v) is 4.85. The third-order valence-electron chi connectivity index (χ3n) is 4.85. The first-order valence-electron chi connectivity index (χ1n) is 9.49. The molecule has 3 aromatic carbocycles. The first kappa shape index (κ1) is 20.3. The number of carbonyl (C=O) groups excluding carboxylic acids is 2. The van der Waals surface area contributed by atoms with Gasteiger partial charge in [0.15, 0.2) is 6.61 Å². The monoisotopic (exact) mass is 388 g/mol. The van der Waals surface area contributed by atoms with Crippen molar-refractivity contribution < 1.29 is 19.1 Å². The summed E-state index contributed by atoms with van der Waals surface area (Å²) in [7, 11) is 0. The summed E-state index contributed by atoms with van der Waals surface area (Å²) in [6.45, 7) is 5.79. The summed E-state index contributed by atoms with van der Waals surface area (Å²) in [5.74, 6) is -0.0277. The summed E-state index contributed by atoms with van der Waals surface area (Å²) in [6.07, 6.45) is 0. The van der Waals surface area contributed by atoms with E-state index in [-0.39, 0.29) is 19.0 Å². The fourth-order valence-electron chi connectivity index (χ4n) is 3.07. The molecule has 3 rings (SSSR count). The molecule has 0 bridgehead atoms. The van der Waals surface area contributed by atoms with Crippen LogP contribution in [0.1, 0.15) is 43.0 Å². The zero-order valence-electron chi connectivity index (χ0n) is 16.9. The topological polar surface area (TPSA) is 52.6 Å². The van der Waals surface area contributed by atoms with E-state index < -0.39 is 5.97 Å². The van der Waals surface area contributed by atoms with Crippen molar-refractivity contribution in [3.63, 3.8) is 0 Å². The van der Waals surface area contributed by atoms with Crippen molar-refractivity contribution in [2.75, 3.05) is 6.61 Å². The summed E-state index contributed by atoms with van der Waals surface area (Å²) >= 11 is 0. The number of rotatable bonds is 7. The van der Waals surface area contributed by atoms with Gasteiger partial charge in [0.25, 0.3) is 0 Å². The molecule has 0 saturated heterocycles. The fraction of sp³-hybridized carbons (Fsp3) is 0.200. The van der Waals surface area contributed by atoms with Crippen LogP contribution in [0, 0.1) is 20.8 Å². The van der Waals surface area contributed by atoms with Crippen LogP contribution in [-0.2, 0) is 11.3 Å². The number of ketones is 1. The van der Waals surface area contributed by atoms with Crippen molar-refractivity contribution in [1.82, 2.24) is 0 Å². The fourth-order valence-corrected chi connectivity index (χ4v) is 3.07. The molecule has 0 atom stereocenters. The zero-order chi connectivity index (χ0) is 20.8. The molecule has 29 heavy (non-hydrogen) atoms. The summed E-state index contributed by atoms with van der Waals surface area (Å²) in [5.41, 5.74) is 4.73. The first-order chi connectivity index (χ1) is 14.0. The van der Waals surface area contributed by atoms with Gasteiger partial charge in [0.2, 0.25) is 5.78 Å². The maximum atomic E-state index is 12.6. The number of aryl methyl sites for hydroxylation is 3. The number of hydrogen-bond donors (Lipinski definition) is 0. The molecule has 0 aliphatic heterocycles. The van der Waals surface area contributed by atoms with Gasteiger partial charge in [-0.2, -0.15) is 0 Å². The Kier molecular flexibility index (Phi) is 6.45. The van der Waals surface area contributed by atoms with Crippen molar-refractivity contribution in [2.24, 2.45) is 0 Å². The van der Waals surface area contributed by atoms with Gasteiger partial charge in [-0.25, -0.2) is 4.79 Å². The van der Waals surface area contributed by atoms with Gasteiger partial charge in [-0.05, 0) is 61.7 Å². The van der Waals surface area contributed by atoms with Gasteiger partial charge in [-0.1, -0.05) is 42.5 Å². The highest BCUT2D eigenvalue weighted by Gasteiger charge is 2.17. The number of esters is 1. The van der Waals surface area contributed by atoms with E-state index in [9.17, 15) is 9.59 Å². The largest absolute Gasteiger partial charge is 0.489 e. The molecule has 0 fully saturated rings. The Morgan fingerprint density at radius 1 is 0.759 bits per heavy atom. The van der Waals surface area contributed by atoms with E-state index in [2.05, 4.69) is 0 Å². The predicted octanol–water partition coefficient (Wildman–Crippen LogP) is 5.23. The Hall–Kier alpha value is -3.40. The lowest BCUT2D eigenvalue weighted by Gasteiger charge is -2.12. The van der Waals surface area contributed by atoms with Crippen LogP contribution in [0.25, 0.3) is 0 Å². The standard InChI is InChI=1S/C25H24O4/c1-17-13-19(3)23(14-18(17)2)24(26)16-29-25(27)22-12-8-7-9-20(22)15-28-21-10-5-4-6-11-21/h4-14H,15-16H2,1-3H3. The highest BCUT2D eigenvalue weighted by atomic mass is 16.5. The van der Waals surface area contributed by atoms with Crippen LogP contribution in [0.4, 0.5) is 0 Å². The Labute approximate surface area is 171 Å². The van der Waals surface area contributed by atoms with Gasteiger partial charge in [-0.15, -0.1) is 0 Å². The van der Waals surface area contributed by atoms with Crippen molar-refractivity contribution in [2.45, 2.75) is 27.4 Å². The van der Waals surface area contributed by atoms with E-state index in [1.807, 2.05) is 75.4 Å². The molecule has 0 aromatic heterocycles. The van der Waals surface area contributed by atoms with Crippen LogP contribution in [0.2, 0.25) is 0 Å². The number of ether oxygens (including phenoxy) is 2. The third kappa shape index (κ3) is 5.11. The molecule has 0 unspecified atom stereocenters. The molecule has 0 N–H and O–H groups in total. The van der Waals surface area contributed by atoms with Crippen molar-refractivity contribution in [3.8, 4) is 5.75 Å². The molecule has 3 aromatic rings. The van der Waals surface area contributed by atoms with Crippen molar-refractivity contribution >= 4 is 11.8 Å². The second kappa shape index (κ2) is 9.20. The molecule has 0 spiro atoms. The SMILES string of the molecule is Cc1cc(C)c(C(=O)COC(=O)c2ccccc2COc2ccccc2)cc1C. The van der Waals surface area contributed by atoms with Gasteiger partial charge in [0, 0.05) is 11.1 Å². The Morgan fingerprint density at radius 2 is 1.41 bits per heavy atom. The molecule has 0 aliphatic carbocycles. The molecule has 0 amide bonds. The average Bonchev–Trinajstić information content (AvgIpc) is 2.74. The van der Waals surface area contributed by atoms with E-state index in [1.165, 1.54) is 0 Å². The Bertz CT molecular complexity index is 1020. The van der Waals surface area contributed by atoms with Crippen molar-refractivity contribution in [1.29, 1.82) is 0 Å². The lowest BCUT2D eigenvalue weighted by Crippen LogP contribution is -2.17. The minimum absolute atomic E-state index is 0.211. The number of Topliss-reactive ketones (excluding diaryl/α,β-unsaturated/α-hetero) is 1. The smallest absolute Gasteiger partial charge is 0.338 e. The summed E-state index contributed by atoms with van der Waals surface area (Å²) in [5, 5.41) is 0. The lowest BCUT2D eigenvalue weighted by molar-refractivity contribution is 0.0472. The van der Waals surface area contributed by atoms with Crippen LogP contribution >= 0.6 is 0 Å². The Morgan fingerprint density at radius 3 is 2.17 bits per heavy atom. The highest BCUT2D eigenvalue weighted by Crippen LogP contribution is 2.18. The minimum Gasteiger partial charge on any atom is -0.489 e. The molecule has 0 radical (unpaired) electrons. The van der Waals surface area contributed by atoms with Crippen LogP contribution in [0.15, 0.2) is 66.7 Å². The molecular weight excluding hydrogens is 364 g/mol. The number of carbonyl (C=O) groups is 2.